The Morgan fingerprint density at radius 1 is 1.10 bits per heavy atom. The average molecular weight is 553 g/mol. The van der Waals surface area contributed by atoms with Crippen molar-refractivity contribution in [1.29, 1.82) is 0 Å². The van der Waals surface area contributed by atoms with Gasteiger partial charge in [0, 0.05) is 38.8 Å². The molecule has 9 heteroatoms. The van der Waals surface area contributed by atoms with Crippen LogP contribution < -0.4 is 4.74 Å². The van der Waals surface area contributed by atoms with Gasteiger partial charge in [-0.3, -0.25) is 4.90 Å². The maximum atomic E-state index is 10.7. The van der Waals surface area contributed by atoms with Gasteiger partial charge >= 0.3 is 11.9 Å². The molecule has 0 amide bonds. The van der Waals surface area contributed by atoms with Crippen molar-refractivity contribution < 1.29 is 29.6 Å². The zero-order valence-electron chi connectivity index (χ0n) is 22.7. The van der Waals surface area contributed by atoms with E-state index in [4.69, 9.17) is 24.5 Å². The van der Waals surface area contributed by atoms with Crippen molar-refractivity contribution in [2.75, 3.05) is 19.7 Å². The third-order valence-corrected chi connectivity index (χ3v) is 8.49. The average Bonchev–Trinajstić information content (AvgIpc) is 3.47. The lowest BCUT2D eigenvalue weighted by Gasteiger charge is -2.38. The Kier molecular flexibility index (Phi) is 8.94. The van der Waals surface area contributed by atoms with Gasteiger partial charge in [-0.15, -0.1) is 11.3 Å². The number of aromatic nitrogens is 1. The molecule has 4 aromatic rings. The number of aliphatic hydroxyl groups excluding tert-OH is 1. The molecule has 3 heterocycles. The molecule has 0 bridgehead atoms. The van der Waals surface area contributed by atoms with E-state index < -0.39 is 18.0 Å². The number of aliphatic carboxylic acids is 2. The Labute approximate surface area is 231 Å². The van der Waals surface area contributed by atoms with Crippen LogP contribution in [0.25, 0.3) is 21.0 Å². The molecule has 3 atom stereocenters. The highest BCUT2D eigenvalue weighted by atomic mass is 32.1. The second-order valence-corrected chi connectivity index (χ2v) is 11.6. The summed E-state index contributed by atoms with van der Waals surface area (Å²) in [7, 11) is 0. The first-order chi connectivity index (χ1) is 18.5. The van der Waals surface area contributed by atoms with E-state index in [1.165, 1.54) is 26.1 Å². The van der Waals surface area contributed by atoms with E-state index in [9.17, 15) is 5.11 Å². The summed E-state index contributed by atoms with van der Waals surface area (Å²) in [6.45, 7) is 10.7. The summed E-state index contributed by atoms with van der Waals surface area (Å²) in [5.41, 5.74) is 4.91. The van der Waals surface area contributed by atoms with E-state index in [2.05, 4.69) is 61.0 Å². The van der Waals surface area contributed by atoms with Crippen molar-refractivity contribution in [2.45, 2.75) is 58.6 Å². The molecule has 0 saturated carbocycles. The molecule has 4 N–H and O–H groups in total. The predicted octanol–water partition coefficient (Wildman–Crippen LogP) is 5.47. The number of aliphatic hydroxyl groups is 1. The van der Waals surface area contributed by atoms with Crippen molar-refractivity contribution in [1.82, 2.24) is 9.88 Å². The van der Waals surface area contributed by atoms with Crippen molar-refractivity contribution in [3.8, 4) is 5.75 Å². The van der Waals surface area contributed by atoms with Crippen LogP contribution in [0.5, 0.6) is 5.75 Å². The maximum absolute atomic E-state index is 10.7. The lowest BCUT2D eigenvalue weighted by atomic mass is 9.89. The highest BCUT2D eigenvalue weighted by Gasteiger charge is 2.29. The smallest absolute Gasteiger partial charge is 0.414 e. The van der Waals surface area contributed by atoms with Gasteiger partial charge in [-0.05, 0) is 99.8 Å². The minimum absolute atomic E-state index is 0.310. The number of benzene rings is 2. The van der Waals surface area contributed by atoms with Gasteiger partial charge in [-0.25, -0.2) is 9.59 Å². The van der Waals surface area contributed by atoms with Crippen LogP contribution in [0.2, 0.25) is 0 Å². The molecule has 1 aliphatic rings. The molecule has 2 aromatic heterocycles. The van der Waals surface area contributed by atoms with Gasteiger partial charge < -0.3 is 25.0 Å². The van der Waals surface area contributed by atoms with Crippen LogP contribution in [0.4, 0.5) is 0 Å². The maximum Gasteiger partial charge on any atom is 0.414 e. The fourth-order valence-electron chi connectivity index (χ4n) is 5.36. The molecule has 0 spiro atoms. The van der Waals surface area contributed by atoms with Gasteiger partial charge in [0.1, 0.15) is 18.5 Å². The first-order valence-electron chi connectivity index (χ1n) is 13.1. The number of aryl methyl sites for hydroxylation is 3. The van der Waals surface area contributed by atoms with Crippen LogP contribution in [-0.4, -0.2) is 69.0 Å². The molecule has 5 rings (SSSR count). The number of nitrogens with one attached hydrogen (secondary N) is 1. The SMILES string of the molecule is Cc1cc(C)c2cc([C@H]3CCN(C[C@H](O)COc4cccc5[nH]c(C)cc45)[C@@H](C)C3)sc2c1.O=C(O)C(=O)O. The van der Waals surface area contributed by atoms with Gasteiger partial charge in [0.2, 0.25) is 0 Å². The summed E-state index contributed by atoms with van der Waals surface area (Å²) in [5.74, 6) is -2.21. The number of fused-ring (bicyclic) bond motifs is 2. The van der Waals surface area contributed by atoms with Crippen LogP contribution in [0.3, 0.4) is 0 Å². The zero-order chi connectivity index (χ0) is 28.3. The number of aromatic amines is 1. The zero-order valence-corrected chi connectivity index (χ0v) is 23.5. The standard InChI is InChI=1S/C28H34N2O2S.C2H2O4/c1-17-10-18(2)23-14-27(33-28(23)11-17)21-8-9-30(20(4)13-21)15-22(31)16-32-26-7-5-6-25-24(26)12-19(3)29-25;3-1(4)2(5)6/h5-7,10-12,14,20-22,29,31H,8-9,13,15-16H2,1-4H3;(H,3,4)(H,5,6)/t20-,21-,22-;/m0./s1. The molecule has 1 fully saturated rings. The number of nitrogens with zero attached hydrogens (tertiary/aromatic N) is 1. The van der Waals surface area contributed by atoms with E-state index in [1.807, 2.05) is 30.4 Å². The topological polar surface area (TPSA) is 123 Å². The van der Waals surface area contributed by atoms with Crippen LogP contribution in [0, 0.1) is 20.8 Å². The fourth-order valence-corrected chi connectivity index (χ4v) is 6.75. The van der Waals surface area contributed by atoms with Crippen LogP contribution in [0.1, 0.15) is 47.4 Å². The van der Waals surface area contributed by atoms with Crippen molar-refractivity contribution in [3.63, 3.8) is 0 Å². The number of carboxylic acid groups (broad SMARTS) is 2. The van der Waals surface area contributed by atoms with Gasteiger partial charge in [0.25, 0.3) is 0 Å². The summed E-state index contributed by atoms with van der Waals surface area (Å²) in [4.78, 5) is 25.5. The number of H-pyrrole nitrogens is 1. The monoisotopic (exact) mass is 552 g/mol. The molecule has 0 aliphatic carbocycles. The molecule has 0 radical (unpaired) electrons. The number of carbonyl (C=O) groups is 2. The number of piperidine rings is 1. The van der Waals surface area contributed by atoms with Crippen LogP contribution in [-0.2, 0) is 9.59 Å². The fraction of sp³-hybridized carbons (Fsp3) is 0.400. The number of hydrogen-bond donors (Lipinski definition) is 4. The minimum Gasteiger partial charge on any atom is -0.490 e. The van der Waals surface area contributed by atoms with E-state index in [0.717, 1.165) is 41.7 Å². The molecular weight excluding hydrogens is 516 g/mol. The van der Waals surface area contributed by atoms with Crippen molar-refractivity contribution in [2.24, 2.45) is 0 Å². The van der Waals surface area contributed by atoms with Gasteiger partial charge in [-0.2, -0.15) is 0 Å². The van der Waals surface area contributed by atoms with Gasteiger partial charge in [0.15, 0.2) is 0 Å². The predicted molar refractivity (Wildman–Crippen MR) is 154 cm³/mol. The van der Waals surface area contributed by atoms with Crippen LogP contribution >= 0.6 is 11.3 Å². The lowest BCUT2D eigenvalue weighted by molar-refractivity contribution is -0.159. The Balaban J connectivity index is 0.000000531. The van der Waals surface area contributed by atoms with E-state index >= 15 is 0 Å². The number of β-amino-alcohol motifs (C(OH)–C–C–N with tert-alkyl or cyclic N) is 1. The second kappa shape index (κ2) is 12.2. The quantitative estimate of drug-likeness (QED) is 0.234. The molecule has 2 aromatic carbocycles. The van der Waals surface area contributed by atoms with E-state index in [1.54, 1.807) is 0 Å². The number of thiophene rings is 1. The Morgan fingerprint density at radius 3 is 2.54 bits per heavy atom. The molecule has 1 aliphatic heterocycles. The minimum atomic E-state index is -1.82. The summed E-state index contributed by atoms with van der Waals surface area (Å²) < 4.78 is 7.44. The first kappa shape index (κ1) is 28.6. The third-order valence-electron chi connectivity index (χ3n) is 7.24. The van der Waals surface area contributed by atoms with E-state index in [-0.39, 0.29) is 0 Å². The highest BCUT2D eigenvalue weighted by Crippen LogP contribution is 2.39. The Hall–Kier alpha value is -3.40. The van der Waals surface area contributed by atoms with Gasteiger partial charge in [0.05, 0.1) is 0 Å². The number of rotatable bonds is 6. The summed E-state index contributed by atoms with van der Waals surface area (Å²) in [5, 5.41) is 28.0. The summed E-state index contributed by atoms with van der Waals surface area (Å²) in [6, 6.07) is 15.6. The van der Waals surface area contributed by atoms with Gasteiger partial charge in [-0.1, -0.05) is 12.1 Å². The number of carboxylic acids is 2. The van der Waals surface area contributed by atoms with Crippen molar-refractivity contribution >= 4 is 44.3 Å². The van der Waals surface area contributed by atoms with Crippen LogP contribution in [0.15, 0.2) is 42.5 Å². The second-order valence-electron chi connectivity index (χ2n) is 10.5. The lowest BCUT2D eigenvalue weighted by Crippen LogP contribution is -2.45. The molecular formula is C30H36N2O6S. The molecule has 8 nitrogen and oxygen atoms in total. The third kappa shape index (κ3) is 6.98. The normalized spacial score (nSPS) is 18.5. The Bertz CT molecular complexity index is 1460. The number of hydrogen-bond acceptors (Lipinski definition) is 6. The van der Waals surface area contributed by atoms with E-state index in [0.29, 0.717) is 25.1 Å². The van der Waals surface area contributed by atoms with Crippen molar-refractivity contribution in [3.05, 3.63) is 64.2 Å². The molecule has 208 valence electrons. The summed E-state index contributed by atoms with van der Waals surface area (Å²) >= 11 is 1.97. The number of ether oxygens (including phenoxy) is 1. The molecule has 1 saturated heterocycles. The highest BCUT2D eigenvalue weighted by molar-refractivity contribution is 7.19. The largest absolute Gasteiger partial charge is 0.490 e. The summed E-state index contributed by atoms with van der Waals surface area (Å²) in [6.07, 6.45) is 1.78. The number of likely N-dealkylation sites (tertiary alicyclic amines) is 1. The Morgan fingerprint density at radius 2 is 1.85 bits per heavy atom. The molecule has 0 unspecified atom stereocenters. The molecule has 39 heavy (non-hydrogen) atoms. The first-order valence-corrected chi connectivity index (χ1v) is 13.9.